The third kappa shape index (κ3) is 5.96. The van der Waals surface area contributed by atoms with Crippen LogP contribution in [0.2, 0.25) is 0 Å². The van der Waals surface area contributed by atoms with E-state index in [1.807, 2.05) is 0 Å². The molecule has 0 atom stereocenters. The Morgan fingerprint density at radius 3 is 1.88 bits per heavy atom. The Labute approximate surface area is 52.5 Å². The second-order valence-corrected chi connectivity index (χ2v) is 3.26. The fourth-order valence-corrected chi connectivity index (χ4v) is 0.447. The lowest BCUT2D eigenvalue weighted by Crippen LogP contribution is -2.20. The van der Waals surface area contributed by atoms with E-state index in [1.54, 1.807) is 0 Å². The summed E-state index contributed by atoms with van der Waals surface area (Å²) in [7, 11) is 0. The van der Waals surface area contributed by atoms with Crippen LogP contribution in [0, 0.1) is 5.41 Å². The zero-order valence-corrected chi connectivity index (χ0v) is 6.36. The number of hydrogen-bond acceptors (Lipinski definition) is 0. The van der Waals surface area contributed by atoms with Crippen LogP contribution in [0.3, 0.4) is 0 Å². The van der Waals surface area contributed by atoms with Crippen LogP contribution >= 0.6 is 0 Å². The largest absolute Gasteiger partial charge is 0.242 e. The van der Waals surface area contributed by atoms with Gasteiger partial charge >= 0.3 is 0 Å². The number of rotatable bonds is 2. The predicted molar refractivity (Wildman–Crippen MR) is 37.0 cm³/mol. The second-order valence-electron chi connectivity index (χ2n) is 3.26. The van der Waals surface area contributed by atoms with E-state index < -0.39 is 0 Å². The third-order valence-corrected chi connectivity index (χ3v) is 0.810. The maximum absolute atomic E-state index is 4.24. The summed E-state index contributed by atoms with van der Waals surface area (Å²) in [6, 6.07) is 0. The Morgan fingerprint density at radius 2 is 1.75 bits per heavy atom. The van der Waals surface area contributed by atoms with Gasteiger partial charge in [0.15, 0.2) is 0 Å². The fraction of sp³-hybridized carbons (Fsp3) is 1.00. The van der Waals surface area contributed by atoms with Gasteiger partial charge in [0.2, 0.25) is 0 Å². The molecule has 0 aliphatic heterocycles. The monoisotopic (exact) mass is 114 g/mol. The van der Waals surface area contributed by atoms with Gasteiger partial charge in [-0.25, -0.2) is 5.32 Å². The molecule has 0 N–H and O–H groups in total. The molecule has 0 heterocycles. The zero-order valence-electron chi connectivity index (χ0n) is 6.36. The summed E-state index contributed by atoms with van der Waals surface area (Å²) in [6.07, 6.45) is 0. The van der Waals surface area contributed by atoms with Gasteiger partial charge in [0.1, 0.15) is 0 Å². The molecular formula is C7H16N. The molecule has 0 aromatic heterocycles. The van der Waals surface area contributed by atoms with Gasteiger partial charge in [0, 0.05) is 13.1 Å². The minimum absolute atomic E-state index is 0.385. The molecule has 49 valence electrons. The van der Waals surface area contributed by atoms with E-state index in [2.05, 4.69) is 33.0 Å². The van der Waals surface area contributed by atoms with E-state index in [0.717, 1.165) is 13.1 Å². The van der Waals surface area contributed by atoms with Crippen molar-refractivity contribution in [2.75, 3.05) is 13.1 Å². The van der Waals surface area contributed by atoms with Crippen molar-refractivity contribution in [3.63, 3.8) is 0 Å². The zero-order chi connectivity index (χ0) is 6.62. The van der Waals surface area contributed by atoms with Crippen molar-refractivity contribution in [2.24, 2.45) is 5.41 Å². The highest BCUT2D eigenvalue weighted by molar-refractivity contribution is 4.62. The summed E-state index contributed by atoms with van der Waals surface area (Å²) in [5.41, 5.74) is 0.385. The second kappa shape index (κ2) is 3.08. The van der Waals surface area contributed by atoms with E-state index in [4.69, 9.17) is 0 Å². The van der Waals surface area contributed by atoms with Gasteiger partial charge < -0.3 is 0 Å². The highest BCUT2D eigenvalue weighted by Gasteiger charge is 2.07. The quantitative estimate of drug-likeness (QED) is 0.518. The first-order valence-electron chi connectivity index (χ1n) is 3.19. The van der Waals surface area contributed by atoms with Crippen LogP contribution in [0.1, 0.15) is 27.7 Å². The lowest BCUT2D eigenvalue weighted by Gasteiger charge is -2.16. The molecule has 1 nitrogen and oxygen atoms in total. The average molecular weight is 114 g/mol. The predicted octanol–water partition coefficient (Wildman–Crippen LogP) is 1.66. The SMILES string of the molecule is CC[N]CC(C)(C)C. The Bertz CT molecular complexity index is 51.9. The Morgan fingerprint density at radius 1 is 1.25 bits per heavy atom. The van der Waals surface area contributed by atoms with Crippen LogP contribution in [0.4, 0.5) is 0 Å². The van der Waals surface area contributed by atoms with E-state index >= 15 is 0 Å². The molecule has 0 amide bonds. The molecular weight excluding hydrogens is 98.1 g/mol. The number of nitrogens with zero attached hydrogens (tertiary/aromatic N) is 1. The summed E-state index contributed by atoms with van der Waals surface area (Å²) in [5, 5.41) is 4.24. The smallest absolute Gasteiger partial charge is 0.0181 e. The summed E-state index contributed by atoms with van der Waals surface area (Å²) in [5.74, 6) is 0. The first-order chi connectivity index (χ1) is 3.56. The normalized spacial score (nSPS) is 12.0. The topological polar surface area (TPSA) is 14.1 Å². The van der Waals surface area contributed by atoms with Crippen molar-refractivity contribution in [1.82, 2.24) is 5.32 Å². The van der Waals surface area contributed by atoms with E-state index in [-0.39, 0.29) is 0 Å². The molecule has 0 saturated carbocycles. The third-order valence-electron chi connectivity index (χ3n) is 0.810. The molecule has 0 aliphatic rings. The summed E-state index contributed by atoms with van der Waals surface area (Å²) in [4.78, 5) is 0. The molecule has 8 heavy (non-hydrogen) atoms. The van der Waals surface area contributed by atoms with Crippen molar-refractivity contribution >= 4 is 0 Å². The summed E-state index contributed by atoms with van der Waals surface area (Å²) in [6.45, 7) is 10.6. The highest BCUT2D eigenvalue weighted by Crippen LogP contribution is 2.10. The van der Waals surface area contributed by atoms with Crippen molar-refractivity contribution < 1.29 is 0 Å². The van der Waals surface area contributed by atoms with Crippen molar-refractivity contribution in [3.05, 3.63) is 0 Å². The van der Waals surface area contributed by atoms with E-state index in [1.165, 1.54) is 0 Å². The minimum Gasteiger partial charge on any atom is -0.242 e. The van der Waals surface area contributed by atoms with Crippen molar-refractivity contribution in [3.8, 4) is 0 Å². The Kier molecular flexibility index (Phi) is 3.06. The Hall–Kier alpha value is -0.0400. The van der Waals surface area contributed by atoms with Gasteiger partial charge in [-0.1, -0.05) is 27.7 Å². The molecule has 0 unspecified atom stereocenters. The lowest BCUT2D eigenvalue weighted by molar-refractivity contribution is 0.381. The summed E-state index contributed by atoms with van der Waals surface area (Å²) < 4.78 is 0. The van der Waals surface area contributed by atoms with Crippen molar-refractivity contribution in [2.45, 2.75) is 27.7 Å². The molecule has 0 aliphatic carbocycles. The van der Waals surface area contributed by atoms with E-state index in [0.29, 0.717) is 5.41 Å². The van der Waals surface area contributed by atoms with Crippen LogP contribution in [-0.4, -0.2) is 13.1 Å². The molecule has 1 heteroatoms. The van der Waals surface area contributed by atoms with Gasteiger partial charge in [-0.2, -0.15) is 0 Å². The minimum atomic E-state index is 0.385. The molecule has 0 spiro atoms. The lowest BCUT2D eigenvalue weighted by atomic mass is 9.97. The maximum atomic E-state index is 4.24. The standard InChI is InChI=1S/C7H16N/c1-5-8-6-7(2,3)4/h5-6H2,1-4H3. The van der Waals surface area contributed by atoms with Crippen LogP contribution < -0.4 is 5.32 Å². The first kappa shape index (κ1) is 7.96. The molecule has 0 saturated heterocycles. The van der Waals surface area contributed by atoms with Crippen LogP contribution in [-0.2, 0) is 0 Å². The van der Waals surface area contributed by atoms with Gasteiger partial charge in [0.05, 0.1) is 0 Å². The highest BCUT2D eigenvalue weighted by atomic mass is 14.9. The van der Waals surface area contributed by atoms with Crippen molar-refractivity contribution in [1.29, 1.82) is 0 Å². The van der Waals surface area contributed by atoms with Gasteiger partial charge in [0.25, 0.3) is 0 Å². The molecule has 1 radical (unpaired) electrons. The van der Waals surface area contributed by atoms with Gasteiger partial charge in [-0.15, -0.1) is 0 Å². The van der Waals surface area contributed by atoms with Gasteiger partial charge in [-0.05, 0) is 5.41 Å². The summed E-state index contributed by atoms with van der Waals surface area (Å²) >= 11 is 0. The van der Waals surface area contributed by atoms with Crippen LogP contribution in [0.25, 0.3) is 0 Å². The average Bonchev–Trinajstić information content (AvgIpc) is 1.59. The fourth-order valence-electron chi connectivity index (χ4n) is 0.447. The van der Waals surface area contributed by atoms with Crippen LogP contribution in [0.15, 0.2) is 0 Å². The molecule has 0 fully saturated rings. The first-order valence-corrected chi connectivity index (χ1v) is 3.19. The molecule has 0 bridgehead atoms. The molecule has 0 aromatic carbocycles. The molecule has 0 rings (SSSR count). The molecule has 0 aromatic rings. The van der Waals surface area contributed by atoms with Gasteiger partial charge in [-0.3, -0.25) is 0 Å². The van der Waals surface area contributed by atoms with E-state index in [9.17, 15) is 0 Å². The maximum Gasteiger partial charge on any atom is 0.0181 e. The Balaban J connectivity index is 3.11. The number of hydrogen-bond donors (Lipinski definition) is 0. The van der Waals surface area contributed by atoms with Crippen LogP contribution in [0.5, 0.6) is 0 Å².